The number of rotatable bonds is 3. The van der Waals surface area contributed by atoms with Crippen molar-refractivity contribution in [3.8, 4) is 0 Å². The van der Waals surface area contributed by atoms with Crippen molar-refractivity contribution in [1.29, 1.82) is 0 Å². The zero-order valence-corrected chi connectivity index (χ0v) is 11.2. The smallest absolute Gasteiger partial charge is 0.170 e. The van der Waals surface area contributed by atoms with E-state index >= 15 is 0 Å². The van der Waals surface area contributed by atoms with E-state index in [4.69, 9.17) is 11.6 Å². The van der Waals surface area contributed by atoms with Crippen molar-refractivity contribution in [3.63, 3.8) is 0 Å². The molecular formula is C15H14ClNO. The largest absolute Gasteiger partial charge is 0.294 e. The summed E-state index contributed by atoms with van der Waals surface area (Å²) < 4.78 is 0. The molecule has 0 aliphatic carbocycles. The summed E-state index contributed by atoms with van der Waals surface area (Å²) in [4.78, 5) is 16.4. The average Bonchev–Trinajstić information content (AvgIpc) is 2.32. The molecule has 0 saturated heterocycles. The molecule has 1 heterocycles. The summed E-state index contributed by atoms with van der Waals surface area (Å²) in [6.45, 7) is 3.90. The fourth-order valence-electron chi connectivity index (χ4n) is 1.80. The van der Waals surface area contributed by atoms with Crippen LogP contribution in [0.3, 0.4) is 0 Å². The zero-order valence-electron chi connectivity index (χ0n) is 10.4. The van der Waals surface area contributed by atoms with Gasteiger partial charge in [-0.1, -0.05) is 23.7 Å². The minimum atomic E-state index is 0.00167. The Morgan fingerprint density at radius 1 is 1.28 bits per heavy atom. The Morgan fingerprint density at radius 2 is 2.06 bits per heavy atom. The van der Waals surface area contributed by atoms with Gasteiger partial charge in [0.1, 0.15) is 0 Å². The van der Waals surface area contributed by atoms with Gasteiger partial charge in [-0.15, -0.1) is 0 Å². The van der Waals surface area contributed by atoms with Crippen LogP contribution in [0.2, 0.25) is 5.02 Å². The lowest BCUT2D eigenvalue weighted by Gasteiger charge is -2.06. The predicted molar refractivity (Wildman–Crippen MR) is 73.2 cm³/mol. The summed E-state index contributed by atoms with van der Waals surface area (Å²) in [6.07, 6.45) is 1.99. The lowest BCUT2D eigenvalue weighted by atomic mass is 10.0. The summed E-state index contributed by atoms with van der Waals surface area (Å²) in [6, 6.07) is 9.29. The van der Waals surface area contributed by atoms with Gasteiger partial charge in [-0.25, -0.2) is 0 Å². The minimum Gasteiger partial charge on any atom is -0.294 e. The molecule has 0 unspecified atom stereocenters. The van der Waals surface area contributed by atoms with Crippen LogP contribution in [0.4, 0.5) is 0 Å². The SMILES string of the molecule is Cc1ccc(C(=O)Cc2ncccc2C)c(Cl)c1. The van der Waals surface area contributed by atoms with Crippen LogP contribution in [-0.4, -0.2) is 10.8 Å². The summed E-state index contributed by atoms with van der Waals surface area (Å²) in [5.74, 6) is 0.00167. The Morgan fingerprint density at radius 3 is 2.72 bits per heavy atom. The van der Waals surface area contributed by atoms with Crippen LogP contribution >= 0.6 is 11.6 Å². The summed E-state index contributed by atoms with van der Waals surface area (Å²) in [5, 5.41) is 0.508. The first-order valence-electron chi connectivity index (χ1n) is 5.78. The molecule has 0 saturated carbocycles. The third-order valence-electron chi connectivity index (χ3n) is 2.87. The molecule has 2 aromatic rings. The number of carbonyl (C=O) groups excluding carboxylic acids is 1. The van der Waals surface area contributed by atoms with Crippen molar-refractivity contribution >= 4 is 17.4 Å². The van der Waals surface area contributed by atoms with Gasteiger partial charge in [0.25, 0.3) is 0 Å². The zero-order chi connectivity index (χ0) is 13.1. The number of hydrogen-bond acceptors (Lipinski definition) is 2. The normalized spacial score (nSPS) is 10.4. The lowest BCUT2D eigenvalue weighted by molar-refractivity contribution is 0.0992. The molecule has 0 bridgehead atoms. The van der Waals surface area contributed by atoms with Crippen LogP contribution in [0, 0.1) is 13.8 Å². The maximum Gasteiger partial charge on any atom is 0.170 e. The van der Waals surface area contributed by atoms with Crippen LogP contribution < -0.4 is 0 Å². The van der Waals surface area contributed by atoms with E-state index in [9.17, 15) is 4.79 Å². The molecule has 2 nitrogen and oxygen atoms in total. The molecule has 2 rings (SSSR count). The number of ketones is 1. The Labute approximate surface area is 112 Å². The highest BCUT2D eigenvalue weighted by Crippen LogP contribution is 2.19. The van der Waals surface area contributed by atoms with Crippen LogP contribution in [0.15, 0.2) is 36.5 Å². The van der Waals surface area contributed by atoms with E-state index in [1.54, 1.807) is 18.3 Å². The molecule has 1 aromatic heterocycles. The molecule has 0 fully saturated rings. The van der Waals surface area contributed by atoms with Gasteiger partial charge in [-0.2, -0.15) is 0 Å². The molecule has 0 N–H and O–H groups in total. The molecule has 3 heteroatoms. The molecule has 1 aromatic carbocycles. The monoisotopic (exact) mass is 259 g/mol. The van der Waals surface area contributed by atoms with Crippen molar-refractivity contribution in [3.05, 3.63) is 63.9 Å². The van der Waals surface area contributed by atoms with E-state index in [0.29, 0.717) is 10.6 Å². The van der Waals surface area contributed by atoms with Crippen molar-refractivity contribution in [2.45, 2.75) is 20.3 Å². The highest BCUT2D eigenvalue weighted by molar-refractivity contribution is 6.34. The molecule has 0 atom stereocenters. The van der Waals surface area contributed by atoms with Gasteiger partial charge >= 0.3 is 0 Å². The summed E-state index contributed by atoms with van der Waals surface area (Å²) >= 11 is 6.09. The number of aryl methyl sites for hydroxylation is 2. The van der Waals surface area contributed by atoms with Crippen LogP contribution in [0.25, 0.3) is 0 Å². The molecular weight excluding hydrogens is 246 g/mol. The molecule has 0 spiro atoms. The van der Waals surface area contributed by atoms with E-state index in [1.807, 2.05) is 32.0 Å². The molecule has 92 valence electrons. The van der Waals surface area contributed by atoms with E-state index in [1.165, 1.54) is 0 Å². The second kappa shape index (κ2) is 5.32. The number of pyridine rings is 1. The van der Waals surface area contributed by atoms with Gasteiger partial charge in [0, 0.05) is 11.8 Å². The third-order valence-corrected chi connectivity index (χ3v) is 3.18. The van der Waals surface area contributed by atoms with Crippen LogP contribution in [0.5, 0.6) is 0 Å². The number of aromatic nitrogens is 1. The van der Waals surface area contributed by atoms with Gasteiger partial charge in [0.05, 0.1) is 17.1 Å². The number of hydrogen-bond donors (Lipinski definition) is 0. The van der Waals surface area contributed by atoms with Gasteiger partial charge in [-0.3, -0.25) is 9.78 Å². The third kappa shape index (κ3) is 2.77. The van der Waals surface area contributed by atoms with Crippen molar-refractivity contribution in [2.75, 3.05) is 0 Å². The number of Topliss-reactive ketones (excluding diaryl/α,β-unsaturated/α-hetero) is 1. The number of benzene rings is 1. The van der Waals surface area contributed by atoms with Crippen molar-refractivity contribution in [1.82, 2.24) is 4.98 Å². The molecule has 0 radical (unpaired) electrons. The first-order chi connectivity index (χ1) is 8.58. The molecule has 18 heavy (non-hydrogen) atoms. The second-order valence-corrected chi connectivity index (χ2v) is 4.76. The number of halogens is 1. The van der Waals surface area contributed by atoms with Crippen molar-refractivity contribution in [2.24, 2.45) is 0 Å². The maximum absolute atomic E-state index is 12.2. The fourth-order valence-corrected chi connectivity index (χ4v) is 2.14. The lowest BCUT2D eigenvalue weighted by Crippen LogP contribution is -2.07. The molecule has 0 amide bonds. The van der Waals surface area contributed by atoms with Crippen LogP contribution in [0.1, 0.15) is 27.2 Å². The van der Waals surface area contributed by atoms with E-state index in [-0.39, 0.29) is 12.2 Å². The molecule has 0 aliphatic heterocycles. The Balaban J connectivity index is 2.25. The number of carbonyl (C=O) groups is 1. The first-order valence-corrected chi connectivity index (χ1v) is 6.15. The highest BCUT2D eigenvalue weighted by atomic mass is 35.5. The average molecular weight is 260 g/mol. The predicted octanol–water partition coefficient (Wildman–Crippen LogP) is 3.78. The highest BCUT2D eigenvalue weighted by Gasteiger charge is 2.12. The summed E-state index contributed by atoms with van der Waals surface area (Å²) in [7, 11) is 0. The maximum atomic E-state index is 12.2. The van der Waals surface area contributed by atoms with Crippen LogP contribution in [-0.2, 0) is 6.42 Å². The standard InChI is InChI=1S/C15H14ClNO/c1-10-5-6-12(13(16)8-10)15(18)9-14-11(2)4-3-7-17-14/h3-8H,9H2,1-2H3. The first kappa shape index (κ1) is 12.8. The fraction of sp³-hybridized carbons (Fsp3) is 0.200. The Bertz CT molecular complexity index is 593. The van der Waals surface area contributed by atoms with Gasteiger partial charge in [0.2, 0.25) is 0 Å². The van der Waals surface area contributed by atoms with Gasteiger partial charge < -0.3 is 0 Å². The van der Waals surface area contributed by atoms with Gasteiger partial charge in [0.15, 0.2) is 5.78 Å². The minimum absolute atomic E-state index is 0.00167. The second-order valence-electron chi connectivity index (χ2n) is 4.35. The van der Waals surface area contributed by atoms with E-state index < -0.39 is 0 Å². The Hall–Kier alpha value is -1.67. The quantitative estimate of drug-likeness (QED) is 0.786. The number of nitrogens with zero attached hydrogens (tertiary/aromatic N) is 1. The van der Waals surface area contributed by atoms with Crippen molar-refractivity contribution < 1.29 is 4.79 Å². The van der Waals surface area contributed by atoms with Gasteiger partial charge in [-0.05, 0) is 43.2 Å². The summed E-state index contributed by atoms with van der Waals surface area (Å²) in [5.41, 5.74) is 3.44. The molecule has 0 aliphatic rings. The van der Waals surface area contributed by atoms with E-state index in [0.717, 1.165) is 16.8 Å². The Kier molecular flexibility index (Phi) is 3.78. The van der Waals surface area contributed by atoms with E-state index in [2.05, 4.69) is 4.98 Å². The topological polar surface area (TPSA) is 30.0 Å².